The molecule has 2 amide bonds. The molecule has 0 atom stereocenters. The number of fused-ring (bicyclic) bond motifs is 1. The van der Waals surface area contributed by atoms with E-state index >= 15 is 0 Å². The maximum absolute atomic E-state index is 12.2. The minimum absolute atomic E-state index is 0.0890. The summed E-state index contributed by atoms with van der Waals surface area (Å²) in [5, 5.41) is 3.02. The summed E-state index contributed by atoms with van der Waals surface area (Å²) in [6.45, 7) is 1.21. The van der Waals surface area contributed by atoms with Gasteiger partial charge in [0, 0.05) is 25.2 Å². The molecular formula is C20H28N2O3. The van der Waals surface area contributed by atoms with Gasteiger partial charge in [-0.2, -0.15) is 0 Å². The fraction of sp³-hybridized carbons (Fsp3) is 0.600. The van der Waals surface area contributed by atoms with Crippen LogP contribution in [0.2, 0.25) is 0 Å². The number of ether oxygens (including phenoxy) is 1. The summed E-state index contributed by atoms with van der Waals surface area (Å²) in [6.07, 6.45) is 8.63. The van der Waals surface area contributed by atoms with E-state index in [1.807, 2.05) is 12.1 Å². The van der Waals surface area contributed by atoms with Crippen molar-refractivity contribution in [1.82, 2.24) is 4.90 Å². The van der Waals surface area contributed by atoms with Crippen molar-refractivity contribution < 1.29 is 14.3 Å². The maximum atomic E-state index is 12.2. The van der Waals surface area contributed by atoms with Crippen molar-refractivity contribution in [1.29, 1.82) is 0 Å². The summed E-state index contributed by atoms with van der Waals surface area (Å²) < 4.78 is 4.81. The molecule has 0 bridgehead atoms. The van der Waals surface area contributed by atoms with Crippen LogP contribution < -0.4 is 5.32 Å². The van der Waals surface area contributed by atoms with Gasteiger partial charge in [0.2, 0.25) is 5.91 Å². The Kier molecular flexibility index (Phi) is 5.95. The van der Waals surface area contributed by atoms with E-state index < -0.39 is 0 Å². The van der Waals surface area contributed by atoms with Gasteiger partial charge in [0.25, 0.3) is 0 Å². The van der Waals surface area contributed by atoms with Gasteiger partial charge >= 0.3 is 6.09 Å². The Labute approximate surface area is 149 Å². The van der Waals surface area contributed by atoms with Crippen LogP contribution in [-0.2, 0) is 22.5 Å². The van der Waals surface area contributed by atoms with Crippen LogP contribution in [-0.4, -0.2) is 30.6 Å². The number of benzene rings is 1. The molecule has 1 aliphatic heterocycles. The average molecular weight is 344 g/mol. The zero-order valence-electron chi connectivity index (χ0n) is 15.1. The Bertz CT molecular complexity index is 623. The number of nitrogens with zero attached hydrogens (tertiary/aromatic N) is 1. The quantitative estimate of drug-likeness (QED) is 0.894. The summed E-state index contributed by atoms with van der Waals surface area (Å²) in [4.78, 5) is 25.6. The largest absolute Gasteiger partial charge is 0.453 e. The summed E-state index contributed by atoms with van der Waals surface area (Å²) in [5.74, 6) is 0.808. The number of anilines is 1. The zero-order chi connectivity index (χ0) is 17.6. The molecule has 3 rings (SSSR count). The molecule has 1 fully saturated rings. The summed E-state index contributed by atoms with van der Waals surface area (Å²) in [7, 11) is 1.40. The number of methoxy groups -OCH3 is 1. The van der Waals surface area contributed by atoms with Crippen molar-refractivity contribution in [3.05, 3.63) is 29.3 Å². The molecule has 25 heavy (non-hydrogen) atoms. The maximum Gasteiger partial charge on any atom is 0.409 e. The summed E-state index contributed by atoms with van der Waals surface area (Å²) in [5.41, 5.74) is 3.14. The molecule has 0 aromatic heterocycles. The first-order valence-electron chi connectivity index (χ1n) is 9.40. The van der Waals surface area contributed by atoms with Crippen LogP contribution in [0.1, 0.15) is 56.1 Å². The molecule has 1 aliphatic carbocycles. The molecule has 5 nitrogen and oxygen atoms in total. The van der Waals surface area contributed by atoms with E-state index in [-0.39, 0.29) is 12.0 Å². The van der Waals surface area contributed by atoms with E-state index in [0.717, 1.165) is 30.0 Å². The summed E-state index contributed by atoms with van der Waals surface area (Å²) in [6, 6.07) is 6.01. The van der Waals surface area contributed by atoms with Crippen molar-refractivity contribution in [3.63, 3.8) is 0 Å². The highest BCUT2D eigenvalue weighted by atomic mass is 16.5. The van der Waals surface area contributed by atoms with Gasteiger partial charge < -0.3 is 15.0 Å². The molecule has 1 aromatic carbocycles. The first-order chi connectivity index (χ1) is 12.2. The van der Waals surface area contributed by atoms with Gasteiger partial charge in [-0.05, 0) is 42.0 Å². The van der Waals surface area contributed by atoms with E-state index in [1.165, 1.54) is 44.8 Å². The van der Waals surface area contributed by atoms with Gasteiger partial charge in [-0.15, -0.1) is 0 Å². The van der Waals surface area contributed by atoms with E-state index in [0.29, 0.717) is 19.5 Å². The Hall–Kier alpha value is -2.04. The van der Waals surface area contributed by atoms with Gasteiger partial charge in [0.1, 0.15) is 0 Å². The number of hydrogen-bond acceptors (Lipinski definition) is 3. The van der Waals surface area contributed by atoms with Gasteiger partial charge in [0.15, 0.2) is 0 Å². The van der Waals surface area contributed by atoms with Crippen LogP contribution in [0.25, 0.3) is 0 Å². The van der Waals surface area contributed by atoms with Crippen molar-refractivity contribution >= 4 is 17.7 Å². The number of amides is 2. The van der Waals surface area contributed by atoms with E-state index in [2.05, 4.69) is 11.4 Å². The minimum Gasteiger partial charge on any atom is -0.453 e. The number of rotatable bonds is 4. The molecule has 0 spiro atoms. The van der Waals surface area contributed by atoms with Crippen molar-refractivity contribution in [2.45, 2.75) is 57.9 Å². The molecular weight excluding hydrogens is 316 g/mol. The smallest absolute Gasteiger partial charge is 0.409 e. The Morgan fingerprint density at radius 1 is 1.20 bits per heavy atom. The lowest BCUT2D eigenvalue weighted by molar-refractivity contribution is -0.116. The Morgan fingerprint density at radius 3 is 2.76 bits per heavy atom. The van der Waals surface area contributed by atoms with Gasteiger partial charge in [0.05, 0.1) is 7.11 Å². The standard InChI is InChI=1S/C20H28N2O3/c1-25-20(24)22-12-11-16-8-9-18(13-17(16)14-22)21-19(23)10-7-15-5-3-2-4-6-15/h8-9,13,15H,2-7,10-12,14H2,1H3,(H,21,23). The molecule has 2 aliphatic rings. The number of nitrogens with one attached hydrogen (secondary N) is 1. The normalized spacial score (nSPS) is 17.7. The van der Waals surface area contributed by atoms with E-state index in [1.54, 1.807) is 4.90 Å². The highest BCUT2D eigenvalue weighted by Crippen LogP contribution is 2.28. The van der Waals surface area contributed by atoms with Crippen molar-refractivity contribution in [2.24, 2.45) is 5.92 Å². The Morgan fingerprint density at radius 2 is 2.00 bits per heavy atom. The Balaban J connectivity index is 1.54. The molecule has 0 unspecified atom stereocenters. The van der Waals surface area contributed by atoms with Crippen LogP contribution in [0.4, 0.5) is 10.5 Å². The summed E-state index contributed by atoms with van der Waals surface area (Å²) >= 11 is 0. The lowest BCUT2D eigenvalue weighted by Crippen LogP contribution is -2.35. The molecule has 136 valence electrons. The van der Waals surface area contributed by atoms with E-state index in [9.17, 15) is 9.59 Å². The first-order valence-corrected chi connectivity index (χ1v) is 9.40. The van der Waals surface area contributed by atoms with Gasteiger partial charge in [-0.3, -0.25) is 4.79 Å². The average Bonchev–Trinajstić information content (AvgIpc) is 2.66. The van der Waals surface area contributed by atoms with Gasteiger partial charge in [-0.1, -0.05) is 38.2 Å². The highest BCUT2D eigenvalue weighted by Gasteiger charge is 2.21. The number of hydrogen-bond donors (Lipinski definition) is 1. The molecule has 1 saturated carbocycles. The van der Waals surface area contributed by atoms with Crippen LogP contribution in [0.5, 0.6) is 0 Å². The third-order valence-corrected chi connectivity index (χ3v) is 5.44. The topological polar surface area (TPSA) is 58.6 Å². The predicted molar refractivity (Wildman–Crippen MR) is 97.4 cm³/mol. The molecule has 1 heterocycles. The fourth-order valence-corrected chi connectivity index (χ4v) is 3.95. The van der Waals surface area contributed by atoms with Crippen LogP contribution in [0.15, 0.2) is 18.2 Å². The number of carbonyl (C=O) groups is 2. The van der Waals surface area contributed by atoms with Crippen LogP contribution in [0, 0.1) is 5.92 Å². The zero-order valence-corrected chi connectivity index (χ0v) is 15.1. The molecule has 5 heteroatoms. The van der Waals surface area contributed by atoms with E-state index in [4.69, 9.17) is 4.74 Å². The lowest BCUT2D eigenvalue weighted by Gasteiger charge is -2.28. The van der Waals surface area contributed by atoms with Gasteiger partial charge in [-0.25, -0.2) is 4.79 Å². The van der Waals surface area contributed by atoms with Crippen LogP contribution in [0.3, 0.4) is 0 Å². The molecule has 0 radical (unpaired) electrons. The minimum atomic E-state index is -0.299. The molecule has 1 N–H and O–H groups in total. The predicted octanol–water partition coefficient (Wildman–Crippen LogP) is 4.11. The second-order valence-corrected chi connectivity index (χ2v) is 7.22. The van der Waals surface area contributed by atoms with Crippen molar-refractivity contribution in [2.75, 3.05) is 19.0 Å². The molecule has 0 saturated heterocycles. The van der Waals surface area contributed by atoms with Crippen LogP contribution >= 0.6 is 0 Å². The second kappa shape index (κ2) is 8.37. The van der Waals surface area contributed by atoms with Crippen molar-refractivity contribution in [3.8, 4) is 0 Å². The fourth-order valence-electron chi connectivity index (χ4n) is 3.95. The highest BCUT2D eigenvalue weighted by molar-refractivity contribution is 5.90. The number of carbonyl (C=O) groups excluding carboxylic acids is 2. The third-order valence-electron chi connectivity index (χ3n) is 5.44. The second-order valence-electron chi connectivity index (χ2n) is 7.22. The SMILES string of the molecule is COC(=O)N1CCc2ccc(NC(=O)CCC3CCCCC3)cc2C1. The first kappa shape index (κ1) is 17.8. The lowest BCUT2D eigenvalue weighted by atomic mass is 9.86. The monoisotopic (exact) mass is 344 g/mol. The molecule has 1 aromatic rings. The third kappa shape index (κ3) is 4.74.